The quantitative estimate of drug-likeness (QED) is 0.721. The van der Waals surface area contributed by atoms with E-state index in [0.29, 0.717) is 6.54 Å². The van der Waals surface area contributed by atoms with Crippen molar-refractivity contribution >= 4 is 5.97 Å². The van der Waals surface area contributed by atoms with Crippen molar-refractivity contribution in [3.05, 3.63) is 11.9 Å². The third-order valence-corrected chi connectivity index (χ3v) is 2.43. The Morgan fingerprint density at radius 3 is 2.75 bits per heavy atom. The maximum absolute atomic E-state index is 11.5. The van der Waals surface area contributed by atoms with Gasteiger partial charge in [-0.1, -0.05) is 19.1 Å². The van der Waals surface area contributed by atoms with Crippen molar-refractivity contribution in [1.82, 2.24) is 20.3 Å². The summed E-state index contributed by atoms with van der Waals surface area (Å²) in [5.74, 6) is -0.0706. The van der Waals surface area contributed by atoms with Crippen molar-refractivity contribution in [3.8, 4) is 0 Å². The van der Waals surface area contributed by atoms with Gasteiger partial charge in [-0.25, -0.2) is 0 Å². The molecule has 90 valence electrons. The number of esters is 1. The molecule has 1 unspecified atom stereocenters. The van der Waals surface area contributed by atoms with Crippen LogP contribution in [-0.4, -0.2) is 34.1 Å². The number of methoxy groups -OCH3 is 1. The van der Waals surface area contributed by atoms with Gasteiger partial charge in [0.2, 0.25) is 0 Å². The van der Waals surface area contributed by atoms with Crippen LogP contribution >= 0.6 is 0 Å². The molecule has 1 rings (SSSR count). The van der Waals surface area contributed by atoms with Gasteiger partial charge in [0.1, 0.15) is 6.04 Å². The Kier molecular flexibility index (Phi) is 4.42. The number of ether oxygens (including phenoxy) is 1. The van der Waals surface area contributed by atoms with E-state index in [1.54, 1.807) is 10.9 Å². The second-order valence-corrected chi connectivity index (χ2v) is 3.97. The van der Waals surface area contributed by atoms with Gasteiger partial charge in [-0.05, 0) is 5.92 Å². The number of aryl methyl sites for hydroxylation is 1. The molecule has 0 saturated carbocycles. The molecule has 6 nitrogen and oxygen atoms in total. The van der Waals surface area contributed by atoms with E-state index in [0.717, 1.165) is 5.69 Å². The van der Waals surface area contributed by atoms with Crippen molar-refractivity contribution in [2.24, 2.45) is 13.0 Å². The summed E-state index contributed by atoms with van der Waals surface area (Å²) in [4.78, 5) is 11.5. The van der Waals surface area contributed by atoms with E-state index in [1.807, 2.05) is 20.9 Å². The minimum Gasteiger partial charge on any atom is -0.468 e. The van der Waals surface area contributed by atoms with Gasteiger partial charge >= 0.3 is 5.97 Å². The Morgan fingerprint density at radius 2 is 2.31 bits per heavy atom. The van der Waals surface area contributed by atoms with Crippen LogP contribution in [0.3, 0.4) is 0 Å². The van der Waals surface area contributed by atoms with E-state index in [1.165, 1.54) is 7.11 Å². The molecule has 1 aromatic rings. The molecule has 0 fully saturated rings. The minimum atomic E-state index is -0.306. The molecule has 0 saturated heterocycles. The molecule has 0 amide bonds. The molecule has 0 aromatic carbocycles. The van der Waals surface area contributed by atoms with Gasteiger partial charge in [-0.3, -0.25) is 14.8 Å². The summed E-state index contributed by atoms with van der Waals surface area (Å²) in [6.07, 6.45) is 1.67. The van der Waals surface area contributed by atoms with Gasteiger partial charge in [0, 0.05) is 13.6 Å². The number of rotatable bonds is 5. The fraction of sp³-hybridized carbons (Fsp3) is 0.700. The zero-order valence-corrected chi connectivity index (χ0v) is 10.1. The molecule has 1 heterocycles. The molecular weight excluding hydrogens is 208 g/mol. The van der Waals surface area contributed by atoms with Gasteiger partial charge < -0.3 is 4.74 Å². The Labute approximate surface area is 95.0 Å². The lowest BCUT2D eigenvalue weighted by Gasteiger charge is -2.19. The Bertz CT molecular complexity index is 348. The lowest BCUT2D eigenvalue weighted by Crippen LogP contribution is -2.41. The Morgan fingerprint density at radius 1 is 1.62 bits per heavy atom. The summed E-state index contributed by atoms with van der Waals surface area (Å²) in [6.45, 7) is 4.48. The van der Waals surface area contributed by atoms with E-state index < -0.39 is 0 Å². The van der Waals surface area contributed by atoms with Crippen molar-refractivity contribution in [2.75, 3.05) is 7.11 Å². The van der Waals surface area contributed by atoms with E-state index in [9.17, 15) is 4.79 Å². The first-order chi connectivity index (χ1) is 7.56. The number of aromatic nitrogens is 3. The van der Waals surface area contributed by atoms with Crippen molar-refractivity contribution in [3.63, 3.8) is 0 Å². The van der Waals surface area contributed by atoms with Crippen LogP contribution in [0.4, 0.5) is 0 Å². The van der Waals surface area contributed by atoms with Crippen LogP contribution in [0.2, 0.25) is 0 Å². The van der Waals surface area contributed by atoms with Crippen molar-refractivity contribution in [1.29, 1.82) is 0 Å². The molecule has 0 aliphatic heterocycles. The molecule has 0 spiro atoms. The highest BCUT2D eigenvalue weighted by Gasteiger charge is 2.22. The monoisotopic (exact) mass is 226 g/mol. The van der Waals surface area contributed by atoms with E-state index >= 15 is 0 Å². The first-order valence-corrected chi connectivity index (χ1v) is 5.21. The summed E-state index contributed by atoms with van der Waals surface area (Å²) in [5.41, 5.74) is 0.926. The van der Waals surface area contributed by atoms with Crippen LogP contribution in [-0.2, 0) is 23.1 Å². The van der Waals surface area contributed by atoms with Gasteiger partial charge in [0.25, 0.3) is 0 Å². The minimum absolute atomic E-state index is 0.175. The average Bonchev–Trinajstić information content (AvgIpc) is 2.64. The van der Waals surface area contributed by atoms with E-state index in [4.69, 9.17) is 4.74 Å². The Hall–Kier alpha value is -1.43. The molecule has 16 heavy (non-hydrogen) atoms. The van der Waals surface area contributed by atoms with Crippen molar-refractivity contribution in [2.45, 2.75) is 26.4 Å². The van der Waals surface area contributed by atoms with E-state index in [-0.39, 0.29) is 17.9 Å². The normalized spacial score (nSPS) is 12.8. The molecule has 0 bridgehead atoms. The second-order valence-electron chi connectivity index (χ2n) is 3.97. The largest absolute Gasteiger partial charge is 0.468 e. The third kappa shape index (κ3) is 3.03. The molecule has 1 N–H and O–H groups in total. The van der Waals surface area contributed by atoms with Gasteiger partial charge in [-0.15, -0.1) is 5.10 Å². The average molecular weight is 226 g/mol. The standard InChI is InChI=1S/C10H18N4O2/c1-7(2)9(10(15)16-4)11-5-8-6-12-13-14(8)3/h6-7,9,11H,5H2,1-4H3. The molecule has 1 atom stereocenters. The predicted molar refractivity (Wildman–Crippen MR) is 58.5 cm³/mol. The summed E-state index contributed by atoms with van der Waals surface area (Å²) < 4.78 is 6.40. The summed E-state index contributed by atoms with van der Waals surface area (Å²) >= 11 is 0. The fourth-order valence-corrected chi connectivity index (χ4v) is 1.40. The topological polar surface area (TPSA) is 69.0 Å². The summed E-state index contributed by atoms with van der Waals surface area (Å²) in [7, 11) is 3.21. The first kappa shape index (κ1) is 12.6. The number of nitrogens with one attached hydrogen (secondary N) is 1. The number of hydrogen-bond acceptors (Lipinski definition) is 5. The van der Waals surface area contributed by atoms with Crippen LogP contribution < -0.4 is 5.32 Å². The lowest BCUT2D eigenvalue weighted by atomic mass is 10.0. The maximum atomic E-state index is 11.5. The fourth-order valence-electron chi connectivity index (χ4n) is 1.40. The highest BCUT2D eigenvalue weighted by molar-refractivity contribution is 5.75. The summed E-state index contributed by atoms with van der Waals surface area (Å²) in [6, 6.07) is -0.306. The number of carbonyl (C=O) groups excluding carboxylic acids is 1. The lowest BCUT2D eigenvalue weighted by molar-refractivity contribution is -0.144. The molecule has 0 aliphatic rings. The smallest absolute Gasteiger partial charge is 0.323 e. The Balaban J connectivity index is 2.57. The van der Waals surface area contributed by atoms with Gasteiger partial charge in [-0.2, -0.15) is 0 Å². The van der Waals surface area contributed by atoms with Crippen LogP contribution in [0.15, 0.2) is 6.20 Å². The number of nitrogens with zero attached hydrogens (tertiary/aromatic N) is 3. The van der Waals surface area contributed by atoms with Crippen LogP contribution in [0.1, 0.15) is 19.5 Å². The number of carbonyl (C=O) groups is 1. The van der Waals surface area contributed by atoms with Gasteiger partial charge in [0.05, 0.1) is 19.0 Å². The summed E-state index contributed by atoms with van der Waals surface area (Å²) in [5, 5.41) is 10.7. The van der Waals surface area contributed by atoms with Crippen LogP contribution in [0.25, 0.3) is 0 Å². The first-order valence-electron chi connectivity index (χ1n) is 5.21. The molecule has 0 aliphatic carbocycles. The SMILES string of the molecule is COC(=O)C(NCc1cnnn1C)C(C)C. The van der Waals surface area contributed by atoms with Crippen molar-refractivity contribution < 1.29 is 9.53 Å². The zero-order valence-electron chi connectivity index (χ0n) is 10.1. The highest BCUT2D eigenvalue weighted by Crippen LogP contribution is 2.05. The third-order valence-electron chi connectivity index (χ3n) is 2.43. The van der Waals surface area contributed by atoms with Crippen LogP contribution in [0, 0.1) is 5.92 Å². The second kappa shape index (κ2) is 5.60. The molecule has 6 heteroatoms. The zero-order chi connectivity index (χ0) is 12.1. The number of hydrogen-bond donors (Lipinski definition) is 1. The maximum Gasteiger partial charge on any atom is 0.323 e. The van der Waals surface area contributed by atoms with E-state index in [2.05, 4.69) is 15.6 Å². The highest BCUT2D eigenvalue weighted by atomic mass is 16.5. The molecule has 1 aromatic heterocycles. The predicted octanol–water partition coefficient (Wildman–Crippen LogP) is 0.102. The van der Waals surface area contributed by atoms with Gasteiger partial charge in [0.15, 0.2) is 0 Å². The molecular formula is C10H18N4O2. The van der Waals surface area contributed by atoms with Crippen LogP contribution in [0.5, 0.6) is 0 Å². The molecule has 0 radical (unpaired) electrons.